The van der Waals surface area contributed by atoms with Crippen molar-refractivity contribution in [2.75, 3.05) is 5.75 Å². The fourth-order valence-corrected chi connectivity index (χ4v) is 2.09. The van der Waals surface area contributed by atoms with Gasteiger partial charge in [0.25, 0.3) is 5.91 Å². The molecular weight excluding hydrogens is 304 g/mol. The van der Waals surface area contributed by atoms with Crippen molar-refractivity contribution in [1.82, 2.24) is 5.32 Å². The zero-order valence-electron chi connectivity index (χ0n) is 11.5. The fraction of sp³-hybridized carbons (Fsp3) is 0.133. The van der Waals surface area contributed by atoms with Crippen LogP contribution in [0, 0.1) is 5.21 Å². The van der Waals surface area contributed by atoms with E-state index in [1.807, 2.05) is 0 Å². The molecule has 1 aromatic carbocycles. The number of benzene rings is 1. The van der Waals surface area contributed by atoms with E-state index in [0.717, 1.165) is 11.1 Å². The van der Waals surface area contributed by atoms with Crippen molar-refractivity contribution >= 4 is 24.5 Å². The zero-order chi connectivity index (χ0) is 16.1. The molecule has 1 aromatic heterocycles. The van der Waals surface area contributed by atoms with Crippen LogP contribution in [0.25, 0.3) is 11.1 Å². The molecule has 1 unspecified atom stereocenters. The number of carbonyl (C=O) groups is 2. The second kappa shape index (κ2) is 6.95. The highest BCUT2D eigenvalue weighted by Gasteiger charge is 2.18. The van der Waals surface area contributed by atoms with E-state index in [4.69, 9.17) is 5.11 Å². The van der Waals surface area contributed by atoms with Crippen LogP contribution in [0.15, 0.2) is 48.8 Å². The van der Waals surface area contributed by atoms with Gasteiger partial charge in [0.1, 0.15) is 6.04 Å². The lowest BCUT2D eigenvalue weighted by atomic mass is 10.0. The lowest BCUT2D eigenvalue weighted by Crippen LogP contribution is -2.42. The van der Waals surface area contributed by atoms with Crippen LogP contribution in [-0.2, 0) is 4.79 Å². The highest BCUT2D eigenvalue weighted by molar-refractivity contribution is 7.80. The number of hydrogen-bond acceptors (Lipinski definition) is 4. The molecule has 0 spiro atoms. The van der Waals surface area contributed by atoms with Gasteiger partial charge in [-0.05, 0) is 23.3 Å². The van der Waals surface area contributed by atoms with Crippen LogP contribution in [0.5, 0.6) is 0 Å². The van der Waals surface area contributed by atoms with Gasteiger partial charge in [-0.25, -0.2) is 4.79 Å². The van der Waals surface area contributed by atoms with E-state index in [1.54, 1.807) is 36.4 Å². The van der Waals surface area contributed by atoms with Crippen molar-refractivity contribution in [2.45, 2.75) is 6.04 Å². The van der Waals surface area contributed by atoms with E-state index in [9.17, 15) is 14.8 Å². The maximum atomic E-state index is 12.0. The molecule has 0 radical (unpaired) electrons. The molecule has 1 amide bonds. The first-order chi connectivity index (χ1) is 10.5. The van der Waals surface area contributed by atoms with Crippen LogP contribution in [-0.4, -0.2) is 28.8 Å². The van der Waals surface area contributed by atoms with Crippen LogP contribution >= 0.6 is 12.6 Å². The molecule has 0 saturated heterocycles. The van der Waals surface area contributed by atoms with E-state index >= 15 is 0 Å². The summed E-state index contributed by atoms with van der Waals surface area (Å²) in [7, 11) is 0. The van der Waals surface area contributed by atoms with Gasteiger partial charge in [0.2, 0.25) is 0 Å². The second-order valence-electron chi connectivity index (χ2n) is 4.57. The molecule has 114 valence electrons. The van der Waals surface area contributed by atoms with Crippen LogP contribution in [0.2, 0.25) is 0 Å². The highest BCUT2D eigenvalue weighted by atomic mass is 32.1. The summed E-state index contributed by atoms with van der Waals surface area (Å²) in [6.07, 6.45) is 2.78. The molecule has 0 bridgehead atoms. The third-order valence-electron chi connectivity index (χ3n) is 3.07. The van der Waals surface area contributed by atoms with Crippen molar-refractivity contribution in [2.24, 2.45) is 0 Å². The molecule has 2 rings (SSSR count). The van der Waals surface area contributed by atoms with Gasteiger partial charge in [-0.3, -0.25) is 4.79 Å². The number of nitrogens with zero attached hydrogens (tertiary/aromatic N) is 1. The third-order valence-corrected chi connectivity index (χ3v) is 3.43. The normalized spacial score (nSPS) is 11.7. The Bertz CT molecular complexity index is 671. The summed E-state index contributed by atoms with van der Waals surface area (Å²) >= 11 is 3.89. The number of amides is 1. The highest BCUT2D eigenvalue weighted by Crippen LogP contribution is 2.18. The average molecular weight is 318 g/mol. The number of carbonyl (C=O) groups excluding carboxylic acids is 1. The minimum atomic E-state index is -1.13. The standard InChI is InChI=1S/C15H14N2O4S/c18-14(16-13(9-22)15(19)20)12-3-1-10(2-4-12)11-5-7-17(21)8-6-11/h1-8,13,22H,9H2,(H,16,18)(H,19,20). The third kappa shape index (κ3) is 3.76. The van der Waals surface area contributed by atoms with Crippen molar-refractivity contribution in [3.05, 3.63) is 59.6 Å². The van der Waals surface area contributed by atoms with Crippen LogP contribution < -0.4 is 10.0 Å². The number of pyridine rings is 1. The van der Waals surface area contributed by atoms with E-state index < -0.39 is 17.9 Å². The maximum absolute atomic E-state index is 12.0. The summed E-state index contributed by atoms with van der Waals surface area (Å²) in [6, 6.07) is 8.97. The molecule has 0 aliphatic carbocycles. The Labute approximate surface area is 132 Å². The Morgan fingerprint density at radius 2 is 1.68 bits per heavy atom. The van der Waals surface area contributed by atoms with Crippen molar-refractivity contribution in [3.8, 4) is 11.1 Å². The summed E-state index contributed by atoms with van der Waals surface area (Å²) in [5.41, 5.74) is 2.05. The molecule has 1 atom stereocenters. The van der Waals surface area contributed by atoms with E-state index in [2.05, 4.69) is 17.9 Å². The zero-order valence-corrected chi connectivity index (χ0v) is 12.4. The molecule has 22 heavy (non-hydrogen) atoms. The molecule has 6 nitrogen and oxygen atoms in total. The first kappa shape index (κ1) is 15.8. The number of nitrogens with one attached hydrogen (secondary N) is 1. The van der Waals surface area contributed by atoms with Gasteiger partial charge in [0, 0.05) is 23.4 Å². The van der Waals surface area contributed by atoms with Crippen LogP contribution in [0.1, 0.15) is 10.4 Å². The van der Waals surface area contributed by atoms with Crippen molar-refractivity contribution in [3.63, 3.8) is 0 Å². The van der Waals surface area contributed by atoms with Gasteiger partial charge in [0.05, 0.1) is 0 Å². The maximum Gasteiger partial charge on any atom is 0.327 e. The van der Waals surface area contributed by atoms with Gasteiger partial charge >= 0.3 is 5.97 Å². The molecule has 0 aliphatic rings. The van der Waals surface area contributed by atoms with E-state index in [1.165, 1.54) is 12.4 Å². The molecule has 2 N–H and O–H groups in total. The molecule has 0 aliphatic heterocycles. The molecule has 2 aromatic rings. The second-order valence-corrected chi connectivity index (χ2v) is 4.94. The van der Waals surface area contributed by atoms with E-state index in [0.29, 0.717) is 10.3 Å². The summed E-state index contributed by atoms with van der Waals surface area (Å²) in [6.45, 7) is 0. The SMILES string of the molecule is O=C(NC(CS)C(=O)O)c1ccc(-c2cc[n+]([O-])cc2)cc1. The van der Waals surface area contributed by atoms with Gasteiger partial charge in [-0.1, -0.05) is 12.1 Å². The minimum Gasteiger partial charge on any atom is -0.619 e. The first-order valence-corrected chi connectivity index (χ1v) is 7.08. The monoisotopic (exact) mass is 318 g/mol. The smallest absolute Gasteiger partial charge is 0.327 e. The van der Waals surface area contributed by atoms with Crippen LogP contribution in [0.3, 0.4) is 0 Å². The largest absolute Gasteiger partial charge is 0.619 e. The topological polar surface area (TPSA) is 93.3 Å². The predicted molar refractivity (Wildman–Crippen MR) is 83.6 cm³/mol. The first-order valence-electron chi connectivity index (χ1n) is 6.45. The Morgan fingerprint density at radius 1 is 1.14 bits per heavy atom. The number of aromatic nitrogens is 1. The molecular formula is C15H14N2O4S. The number of aliphatic carboxylic acids is 1. The molecule has 0 saturated carbocycles. The Balaban J connectivity index is 2.13. The number of carboxylic acids is 1. The minimum absolute atomic E-state index is 0.0123. The van der Waals surface area contributed by atoms with Gasteiger partial charge < -0.3 is 15.6 Å². The summed E-state index contributed by atoms with van der Waals surface area (Å²) in [4.78, 5) is 22.8. The van der Waals surface area contributed by atoms with Crippen molar-refractivity contribution in [1.29, 1.82) is 0 Å². The fourth-order valence-electron chi connectivity index (χ4n) is 1.85. The van der Waals surface area contributed by atoms with Crippen LogP contribution in [0.4, 0.5) is 0 Å². The van der Waals surface area contributed by atoms with Gasteiger partial charge in [-0.15, -0.1) is 0 Å². The quantitative estimate of drug-likeness (QED) is 0.437. The molecule has 0 fully saturated rings. The van der Waals surface area contributed by atoms with Gasteiger partial charge in [0.15, 0.2) is 12.4 Å². The number of carboxylic acid groups (broad SMARTS) is 1. The number of hydrogen-bond donors (Lipinski definition) is 3. The summed E-state index contributed by atoms with van der Waals surface area (Å²) in [5, 5.41) is 22.3. The molecule has 1 heterocycles. The Hall–Kier alpha value is -2.54. The molecule has 7 heteroatoms. The van der Waals surface area contributed by atoms with Gasteiger partial charge in [-0.2, -0.15) is 17.4 Å². The summed E-state index contributed by atoms with van der Waals surface area (Å²) in [5.74, 6) is -1.59. The van der Waals surface area contributed by atoms with E-state index in [-0.39, 0.29) is 5.75 Å². The average Bonchev–Trinajstić information content (AvgIpc) is 2.53. The Kier molecular flexibility index (Phi) is 5.00. The number of rotatable bonds is 5. The number of thiol groups is 1. The lowest BCUT2D eigenvalue weighted by molar-refractivity contribution is -0.605. The lowest BCUT2D eigenvalue weighted by Gasteiger charge is -2.12. The van der Waals surface area contributed by atoms with Crippen molar-refractivity contribution < 1.29 is 19.4 Å². The Morgan fingerprint density at radius 3 is 2.18 bits per heavy atom. The summed E-state index contributed by atoms with van der Waals surface area (Å²) < 4.78 is 0.689. The predicted octanol–water partition coefficient (Wildman–Crippen LogP) is 1.10.